The second-order valence-corrected chi connectivity index (χ2v) is 7.52. The highest BCUT2D eigenvalue weighted by atomic mass is 35.5. The Labute approximate surface area is 162 Å². The second-order valence-electron chi connectivity index (χ2n) is 7.09. The Balaban J connectivity index is 1.67. The minimum atomic E-state index is -0.249. The Morgan fingerprint density at radius 3 is 2.67 bits per heavy atom. The van der Waals surface area contributed by atoms with Gasteiger partial charge < -0.3 is 9.88 Å². The van der Waals surface area contributed by atoms with Crippen LogP contribution in [0.15, 0.2) is 59.4 Å². The molecule has 1 aliphatic heterocycles. The van der Waals surface area contributed by atoms with Gasteiger partial charge in [0.15, 0.2) is 0 Å². The summed E-state index contributed by atoms with van der Waals surface area (Å²) in [5, 5.41) is 1.50. The number of nitrogens with one attached hydrogen (secondary N) is 1. The number of hydrogen-bond acceptors (Lipinski definition) is 2. The van der Waals surface area contributed by atoms with E-state index in [2.05, 4.69) is 4.98 Å². The van der Waals surface area contributed by atoms with Crippen LogP contribution >= 0.6 is 11.6 Å². The highest BCUT2D eigenvalue weighted by Gasteiger charge is 2.25. The van der Waals surface area contributed by atoms with Crippen molar-refractivity contribution in [1.82, 2.24) is 9.88 Å². The van der Waals surface area contributed by atoms with Gasteiger partial charge in [-0.25, -0.2) is 0 Å². The van der Waals surface area contributed by atoms with Crippen LogP contribution in [0.1, 0.15) is 41.1 Å². The van der Waals surface area contributed by atoms with Gasteiger partial charge in [0.1, 0.15) is 0 Å². The van der Waals surface area contributed by atoms with Crippen LogP contribution in [0, 0.1) is 0 Å². The zero-order chi connectivity index (χ0) is 18.8. The molecule has 1 amide bonds. The monoisotopic (exact) mass is 380 g/mol. The molecule has 1 saturated heterocycles. The van der Waals surface area contributed by atoms with Crippen molar-refractivity contribution >= 4 is 28.4 Å². The fraction of sp³-hybridized carbons (Fsp3) is 0.273. The van der Waals surface area contributed by atoms with E-state index >= 15 is 0 Å². The van der Waals surface area contributed by atoms with Gasteiger partial charge in [-0.1, -0.05) is 48.4 Å². The summed E-state index contributed by atoms with van der Waals surface area (Å²) < 4.78 is 0. The molecule has 3 aromatic rings. The van der Waals surface area contributed by atoms with E-state index in [0.29, 0.717) is 24.2 Å². The second kappa shape index (κ2) is 7.57. The number of H-pyrrole nitrogens is 1. The van der Waals surface area contributed by atoms with E-state index in [1.807, 2.05) is 53.4 Å². The van der Waals surface area contributed by atoms with Gasteiger partial charge in [-0.15, -0.1) is 0 Å². The van der Waals surface area contributed by atoms with Gasteiger partial charge in [0.05, 0.1) is 5.56 Å². The predicted octanol–water partition coefficient (Wildman–Crippen LogP) is 4.59. The Bertz CT molecular complexity index is 1030. The number of fused-ring (bicyclic) bond motifs is 1. The number of aromatic amines is 1. The van der Waals surface area contributed by atoms with Crippen LogP contribution in [0.4, 0.5) is 0 Å². The lowest BCUT2D eigenvalue weighted by Crippen LogP contribution is -2.34. The zero-order valence-corrected chi connectivity index (χ0v) is 15.7. The molecule has 0 aliphatic carbocycles. The standard InChI is InChI=1S/C22H21ClN2O2/c23-17-10-8-15(9-11-17)16-5-3-4-12-25(14-16)22(27)19-13-21(26)24-20-7-2-1-6-18(19)20/h1-2,6-11,13,16H,3-5,12,14H2,(H,24,26). The summed E-state index contributed by atoms with van der Waals surface area (Å²) >= 11 is 6.02. The minimum absolute atomic E-state index is 0.0711. The number of likely N-dealkylation sites (tertiary alicyclic amines) is 1. The molecule has 1 aromatic heterocycles. The molecule has 0 bridgehead atoms. The largest absolute Gasteiger partial charge is 0.338 e. The molecule has 0 spiro atoms. The summed E-state index contributed by atoms with van der Waals surface area (Å²) in [6, 6.07) is 16.8. The maximum absolute atomic E-state index is 13.3. The Hall–Kier alpha value is -2.59. The molecular formula is C22H21ClN2O2. The molecule has 5 heteroatoms. The molecule has 2 aromatic carbocycles. The van der Waals surface area contributed by atoms with E-state index in [-0.39, 0.29) is 17.4 Å². The van der Waals surface area contributed by atoms with Crippen LogP contribution < -0.4 is 5.56 Å². The molecule has 138 valence electrons. The number of halogens is 1. The number of rotatable bonds is 2. The number of pyridine rings is 1. The molecule has 1 unspecified atom stereocenters. The third-order valence-electron chi connectivity index (χ3n) is 5.28. The number of aromatic nitrogens is 1. The predicted molar refractivity (Wildman–Crippen MR) is 109 cm³/mol. The molecular weight excluding hydrogens is 360 g/mol. The smallest absolute Gasteiger partial charge is 0.254 e. The van der Waals surface area contributed by atoms with Crippen molar-refractivity contribution < 1.29 is 4.79 Å². The molecule has 4 rings (SSSR count). The highest BCUT2D eigenvalue weighted by Crippen LogP contribution is 2.29. The van der Waals surface area contributed by atoms with Crippen molar-refractivity contribution in [3.05, 3.63) is 81.1 Å². The van der Waals surface area contributed by atoms with Crippen molar-refractivity contribution in [2.75, 3.05) is 13.1 Å². The van der Waals surface area contributed by atoms with Crippen LogP contribution in [-0.4, -0.2) is 28.9 Å². The lowest BCUT2D eigenvalue weighted by atomic mass is 9.94. The fourth-order valence-electron chi connectivity index (χ4n) is 3.89. The van der Waals surface area contributed by atoms with Crippen LogP contribution in [0.5, 0.6) is 0 Å². The first-order valence-electron chi connectivity index (χ1n) is 9.28. The third-order valence-corrected chi connectivity index (χ3v) is 5.53. The maximum Gasteiger partial charge on any atom is 0.254 e. The van der Waals surface area contributed by atoms with E-state index in [0.717, 1.165) is 29.7 Å². The average molecular weight is 381 g/mol. The van der Waals surface area contributed by atoms with E-state index in [1.54, 1.807) is 0 Å². The van der Waals surface area contributed by atoms with Crippen LogP contribution in [0.3, 0.4) is 0 Å². The van der Waals surface area contributed by atoms with Crippen LogP contribution in [0.2, 0.25) is 5.02 Å². The summed E-state index contributed by atoms with van der Waals surface area (Å²) in [5.41, 5.74) is 2.12. The zero-order valence-electron chi connectivity index (χ0n) is 15.0. The third kappa shape index (κ3) is 3.76. The van der Waals surface area contributed by atoms with Crippen molar-refractivity contribution in [1.29, 1.82) is 0 Å². The minimum Gasteiger partial charge on any atom is -0.338 e. The van der Waals surface area contributed by atoms with Gasteiger partial charge in [0.25, 0.3) is 5.91 Å². The van der Waals surface area contributed by atoms with E-state index < -0.39 is 0 Å². The van der Waals surface area contributed by atoms with Gasteiger partial charge >= 0.3 is 0 Å². The first-order valence-corrected chi connectivity index (χ1v) is 9.66. The molecule has 4 nitrogen and oxygen atoms in total. The molecule has 0 saturated carbocycles. The molecule has 2 heterocycles. The number of carbonyl (C=O) groups excluding carboxylic acids is 1. The average Bonchev–Trinajstić information content (AvgIpc) is 2.93. The summed E-state index contributed by atoms with van der Waals surface area (Å²) in [4.78, 5) is 30.0. The van der Waals surface area contributed by atoms with Gasteiger partial charge in [0, 0.05) is 41.0 Å². The van der Waals surface area contributed by atoms with Gasteiger partial charge in [-0.05, 0) is 36.6 Å². The summed E-state index contributed by atoms with van der Waals surface area (Å²) in [6.07, 6.45) is 3.09. The number of nitrogens with zero attached hydrogens (tertiary/aromatic N) is 1. The summed E-state index contributed by atoms with van der Waals surface area (Å²) in [7, 11) is 0. The number of amides is 1. The molecule has 1 fully saturated rings. The van der Waals surface area contributed by atoms with Crippen LogP contribution in [0.25, 0.3) is 10.9 Å². The topological polar surface area (TPSA) is 53.2 Å². The normalized spacial score (nSPS) is 17.7. The quantitative estimate of drug-likeness (QED) is 0.706. The molecule has 1 atom stereocenters. The molecule has 0 radical (unpaired) electrons. The lowest BCUT2D eigenvalue weighted by molar-refractivity contribution is 0.0756. The van der Waals surface area contributed by atoms with Gasteiger partial charge in [-0.3, -0.25) is 9.59 Å². The summed E-state index contributed by atoms with van der Waals surface area (Å²) in [5.74, 6) is 0.208. The number of hydrogen-bond donors (Lipinski definition) is 1. The lowest BCUT2D eigenvalue weighted by Gasteiger charge is -2.25. The van der Waals surface area contributed by atoms with Crippen molar-refractivity contribution in [2.45, 2.75) is 25.2 Å². The van der Waals surface area contributed by atoms with Gasteiger partial charge in [-0.2, -0.15) is 0 Å². The fourth-order valence-corrected chi connectivity index (χ4v) is 4.01. The Morgan fingerprint density at radius 2 is 1.85 bits per heavy atom. The SMILES string of the molecule is O=C(c1cc(=O)[nH]c2ccccc12)N1CCCCC(c2ccc(Cl)cc2)C1. The number of benzene rings is 2. The van der Waals surface area contributed by atoms with Crippen molar-refractivity contribution in [3.63, 3.8) is 0 Å². The van der Waals surface area contributed by atoms with E-state index in [4.69, 9.17) is 11.6 Å². The van der Waals surface area contributed by atoms with Crippen molar-refractivity contribution in [3.8, 4) is 0 Å². The maximum atomic E-state index is 13.3. The van der Waals surface area contributed by atoms with E-state index in [9.17, 15) is 9.59 Å². The first-order chi connectivity index (χ1) is 13.1. The molecule has 1 N–H and O–H groups in total. The number of carbonyl (C=O) groups is 1. The summed E-state index contributed by atoms with van der Waals surface area (Å²) in [6.45, 7) is 1.37. The highest BCUT2D eigenvalue weighted by molar-refractivity contribution is 6.30. The first kappa shape index (κ1) is 17.8. The molecule has 1 aliphatic rings. The van der Waals surface area contributed by atoms with Crippen molar-refractivity contribution in [2.24, 2.45) is 0 Å². The molecule has 27 heavy (non-hydrogen) atoms. The number of para-hydroxylation sites is 1. The Kier molecular flexibility index (Phi) is 4.99. The van der Waals surface area contributed by atoms with E-state index in [1.165, 1.54) is 11.6 Å². The Morgan fingerprint density at radius 1 is 1.07 bits per heavy atom. The van der Waals surface area contributed by atoms with Crippen LogP contribution in [-0.2, 0) is 0 Å². The van der Waals surface area contributed by atoms with Gasteiger partial charge in [0.2, 0.25) is 5.56 Å².